The number of halogens is 4. The third-order valence-corrected chi connectivity index (χ3v) is 5.82. The summed E-state index contributed by atoms with van der Waals surface area (Å²) in [7, 11) is 0. The van der Waals surface area contributed by atoms with Crippen LogP contribution < -0.4 is 0 Å². The van der Waals surface area contributed by atoms with E-state index in [1.165, 1.54) is 11.1 Å². The quantitative estimate of drug-likeness (QED) is 0.461. The van der Waals surface area contributed by atoms with Crippen molar-refractivity contribution < 1.29 is 22.7 Å². The zero-order valence-corrected chi connectivity index (χ0v) is 16.0. The molecule has 0 bridgehead atoms. The van der Waals surface area contributed by atoms with Gasteiger partial charge in [-0.25, -0.2) is 0 Å². The molecule has 0 spiro atoms. The van der Waals surface area contributed by atoms with E-state index in [1.807, 2.05) is 30.3 Å². The Kier molecular flexibility index (Phi) is 5.44. The molecule has 0 radical (unpaired) electrons. The number of hydrogen-bond donors (Lipinski definition) is 0. The number of carbonyl (C=O) groups excluding carboxylic acids is 1. The molecule has 0 N–H and O–H groups in total. The first kappa shape index (κ1) is 20.0. The van der Waals surface area contributed by atoms with Gasteiger partial charge >= 0.3 is 12.1 Å². The lowest BCUT2D eigenvalue weighted by Crippen LogP contribution is -2.19. The SMILES string of the molecule is CC1(C)[C@H](/C=C(\Cl)C(F)(F)F)[C@@H]1C(=O)OC1CC=C(Cc2ccccc2)C1. The smallest absolute Gasteiger partial charge is 0.426 e. The molecule has 2 aliphatic rings. The highest BCUT2D eigenvalue weighted by molar-refractivity contribution is 6.30. The molecule has 1 aromatic rings. The van der Waals surface area contributed by atoms with Gasteiger partial charge in [0.2, 0.25) is 0 Å². The Bertz CT molecular complexity index is 765. The number of carbonyl (C=O) groups is 1. The number of hydrogen-bond acceptors (Lipinski definition) is 2. The second-order valence-corrected chi connectivity index (χ2v) is 8.27. The first-order valence-corrected chi connectivity index (χ1v) is 9.33. The van der Waals surface area contributed by atoms with Crippen LogP contribution in [0.4, 0.5) is 13.2 Å². The molecular formula is C21H22ClF3O2. The Morgan fingerprint density at radius 1 is 1.30 bits per heavy atom. The Labute approximate surface area is 162 Å². The molecule has 3 atom stereocenters. The van der Waals surface area contributed by atoms with Gasteiger partial charge in [-0.3, -0.25) is 4.79 Å². The van der Waals surface area contributed by atoms with E-state index >= 15 is 0 Å². The second kappa shape index (κ2) is 7.34. The van der Waals surface area contributed by atoms with Crippen LogP contribution in [-0.4, -0.2) is 18.2 Å². The number of allylic oxidation sites excluding steroid dienone is 2. The van der Waals surface area contributed by atoms with Crippen LogP contribution in [0.5, 0.6) is 0 Å². The highest BCUT2D eigenvalue weighted by Gasteiger charge is 2.62. The van der Waals surface area contributed by atoms with Crippen molar-refractivity contribution in [1.29, 1.82) is 0 Å². The molecule has 2 aliphatic carbocycles. The maximum Gasteiger partial charge on any atom is 0.426 e. The third-order valence-electron chi connectivity index (χ3n) is 5.48. The molecule has 0 saturated heterocycles. The maximum atomic E-state index is 12.6. The molecule has 3 rings (SSSR count). The molecular weight excluding hydrogens is 377 g/mol. The van der Waals surface area contributed by atoms with E-state index in [1.54, 1.807) is 13.8 Å². The standard InChI is InChI=1S/C21H22ClF3O2/c1-20(2)16(12-17(22)21(23,24)25)18(20)19(26)27-15-9-8-14(11-15)10-13-6-4-3-5-7-13/h3-8,12,15-16,18H,9-11H2,1-2H3/b17-12-/t15?,16-,18-/m1/s1. The summed E-state index contributed by atoms with van der Waals surface area (Å²) < 4.78 is 43.5. The summed E-state index contributed by atoms with van der Waals surface area (Å²) in [6.07, 6.45) is 0.326. The van der Waals surface area contributed by atoms with Crippen LogP contribution in [0.25, 0.3) is 0 Å². The van der Waals surface area contributed by atoms with Crippen molar-refractivity contribution in [3.05, 3.63) is 58.7 Å². The Morgan fingerprint density at radius 3 is 2.59 bits per heavy atom. The molecule has 6 heteroatoms. The number of rotatable bonds is 5. The first-order valence-electron chi connectivity index (χ1n) is 8.96. The monoisotopic (exact) mass is 398 g/mol. The number of benzene rings is 1. The fourth-order valence-corrected chi connectivity index (χ4v) is 3.91. The first-order chi connectivity index (χ1) is 12.6. The van der Waals surface area contributed by atoms with Gasteiger partial charge in [-0.1, -0.05) is 73.5 Å². The Morgan fingerprint density at radius 2 is 1.96 bits per heavy atom. The van der Waals surface area contributed by atoms with Crippen LogP contribution in [0.2, 0.25) is 0 Å². The molecule has 27 heavy (non-hydrogen) atoms. The van der Waals surface area contributed by atoms with Crippen LogP contribution in [0.1, 0.15) is 32.3 Å². The zero-order valence-electron chi connectivity index (χ0n) is 15.2. The Hall–Kier alpha value is -1.75. The van der Waals surface area contributed by atoms with Crippen LogP contribution in [0.15, 0.2) is 53.1 Å². The summed E-state index contributed by atoms with van der Waals surface area (Å²) >= 11 is 5.33. The fraction of sp³-hybridized carbons (Fsp3) is 0.476. The summed E-state index contributed by atoms with van der Waals surface area (Å²) in [6.45, 7) is 3.52. The zero-order chi connectivity index (χ0) is 19.8. The average Bonchev–Trinajstić information content (AvgIpc) is 2.89. The van der Waals surface area contributed by atoms with E-state index in [9.17, 15) is 18.0 Å². The molecule has 1 unspecified atom stereocenters. The van der Waals surface area contributed by atoms with Crippen molar-refractivity contribution in [1.82, 2.24) is 0 Å². The average molecular weight is 399 g/mol. The second-order valence-electron chi connectivity index (χ2n) is 7.86. The van der Waals surface area contributed by atoms with Gasteiger partial charge < -0.3 is 4.74 Å². The normalized spacial score (nSPS) is 27.3. The minimum absolute atomic E-state index is 0.240. The van der Waals surface area contributed by atoms with Gasteiger partial charge in [-0.05, 0) is 23.3 Å². The van der Waals surface area contributed by atoms with Crippen molar-refractivity contribution in [2.45, 2.75) is 45.4 Å². The van der Waals surface area contributed by atoms with Gasteiger partial charge in [0.15, 0.2) is 0 Å². The van der Waals surface area contributed by atoms with Crippen LogP contribution in [-0.2, 0) is 16.0 Å². The van der Waals surface area contributed by atoms with Crippen LogP contribution >= 0.6 is 11.6 Å². The fourth-order valence-electron chi connectivity index (χ4n) is 3.78. The van der Waals surface area contributed by atoms with Crippen LogP contribution in [0, 0.1) is 17.3 Å². The summed E-state index contributed by atoms with van der Waals surface area (Å²) in [6, 6.07) is 10.0. The Balaban J connectivity index is 1.54. The molecule has 0 heterocycles. The van der Waals surface area contributed by atoms with E-state index in [0.717, 1.165) is 12.5 Å². The summed E-state index contributed by atoms with van der Waals surface area (Å²) in [5.74, 6) is -1.59. The van der Waals surface area contributed by atoms with Gasteiger partial charge in [0, 0.05) is 12.8 Å². The molecule has 146 valence electrons. The number of esters is 1. The van der Waals surface area contributed by atoms with Crippen LogP contribution in [0.3, 0.4) is 0 Å². The predicted octanol–water partition coefficient (Wildman–Crippen LogP) is 5.82. The molecule has 1 aromatic carbocycles. The van der Waals surface area contributed by atoms with E-state index in [-0.39, 0.29) is 6.10 Å². The summed E-state index contributed by atoms with van der Waals surface area (Å²) in [4.78, 5) is 12.5. The van der Waals surface area contributed by atoms with Gasteiger partial charge in [0.1, 0.15) is 11.1 Å². The molecule has 1 fully saturated rings. The highest BCUT2D eigenvalue weighted by Crippen LogP contribution is 2.60. The minimum atomic E-state index is -4.59. The molecule has 0 aromatic heterocycles. The predicted molar refractivity (Wildman–Crippen MR) is 98.1 cm³/mol. The largest absolute Gasteiger partial charge is 0.461 e. The van der Waals surface area contributed by atoms with Gasteiger partial charge in [0.25, 0.3) is 0 Å². The van der Waals surface area contributed by atoms with E-state index < -0.39 is 34.4 Å². The van der Waals surface area contributed by atoms with Gasteiger partial charge in [-0.15, -0.1) is 0 Å². The summed E-state index contributed by atoms with van der Waals surface area (Å²) in [5.41, 5.74) is 1.83. The van der Waals surface area contributed by atoms with Gasteiger partial charge in [-0.2, -0.15) is 13.2 Å². The van der Waals surface area contributed by atoms with Gasteiger partial charge in [0.05, 0.1) is 5.92 Å². The molecule has 0 amide bonds. The highest BCUT2D eigenvalue weighted by atomic mass is 35.5. The van der Waals surface area contributed by atoms with Crippen molar-refractivity contribution in [2.75, 3.05) is 0 Å². The van der Waals surface area contributed by atoms with E-state index in [0.29, 0.717) is 12.8 Å². The molecule has 1 saturated carbocycles. The lowest BCUT2D eigenvalue weighted by molar-refractivity contribution is -0.151. The van der Waals surface area contributed by atoms with E-state index in [2.05, 4.69) is 6.08 Å². The van der Waals surface area contributed by atoms with E-state index in [4.69, 9.17) is 16.3 Å². The molecule has 2 nitrogen and oxygen atoms in total. The van der Waals surface area contributed by atoms with Crippen molar-refractivity contribution in [3.8, 4) is 0 Å². The maximum absolute atomic E-state index is 12.6. The lowest BCUT2D eigenvalue weighted by Gasteiger charge is -2.13. The van der Waals surface area contributed by atoms with Crippen molar-refractivity contribution >= 4 is 17.6 Å². The third kappa shape index (κ3) is 4.57. The molecule has 0 aliphatic heterocycles. The van der Waals surface area contributed by atoms with Crippen molar-refractivity contribution in [3.63, 3.8) is 0 Å². The van der Waals surface area contributed by atoms with Crippen molar-refractivity contribution in [2.24, 2.45) is 17.3 Å². The minimum Gasteiger partial charge on any atom is -0.461 e. The number of ether oxygens (including phenoxy) is 1. The number of alkyl halides is 3. The lowest BCUT2D eigenvalue weighted by atomic mass is 10.0. The topological polar surface area (TPSA) is 26.3 Å². The summed E-state index contributed by atoms with van der Waals surface area (Å²) in [5, 5.41) is -1.18.